The number of hydrogen-bond donors (Lipinski definition) is 3. The lowest BCUT2D eigenvalue weighted by Crippen LogP contribution is -2.42. The maximum Gasteiger partial charge on any atom is 0.244 e. The van der Waals surface area contributed by atoms with Crippen molar-refractivity contribution in [2.75, 3.05) is 32.8 Å². The molecule has 0 saturated carbocycles. The van der Waals surface area contributed by atoms with Crippen molar-refractivity contribution in [3.63, 3.8) is 0 Å². The van der Waals surface area contributed by atoms with E-state index in [1.54, 1.807) is 11.3 Å². The Labute approximate surface area is 160 Å². The van der Waals surface area contributed by atoms with E-state index in [9.17, 15) is 9.90 Å². The first-order valence-electron chi connectivity index (χ1n) is 9.63. The van der Waals surface area contributed by atoms with Gasteiger partial charge in [0.1, 0.15) is 6.54 Å². The van der Waals surface area contributed by atoms with E-state index in [-0.39, 0.29) is 19.1 Å². The van der Waals surface area contributed by atoms with Crippen LogP contribution in [-0.4, -0.2) is 54.7 Å². The zero-order chi connectivity index (χ0) is 18.8. The number of hydrogen-bond acceptors (Lipinski definition) is 4. The van der Waals surface area contributed by atoms with Crippen LogP contribution in [-0.2, 0) is 17.8 Å². The summed E-state index contributed by atoms with van der Waals surface area (Å²) in [6, 6.07) is 2.11. The Kier molecular flexibility index (Phi) is 8.91. The molecule has 2 heterocycles. The largest absolute Gasteiger partial charge is 0.396 e. The number of aliphatic imine (C=N–C) groups is 1. The molecule has 7 heteroatoms. The molecule has 26 heavy (non-hydrogen) atoms. The van der Waals surface area contributed by atoms with Crippen LogP contribution < -0.4 is 10.6 Å². The molecule has 0 spiro atoms. The molecule has 146 valence electrons. The van der Waals surface area contributed by atoms with Crippen LogP contribution in [0.2, 0.25) is 0 Å². The van der Waals surface area contributed by atoms with Crippen molar-refractivity contribution < 1.29 is 9.90 Å². The van der Waals surface area contributed by atoms with Crippen LogP contribution in [0.1, 0.15) is 43.6 Å². The number of aliphatic hydroxyl groups excluding tert-OH is 1. The van der Waals surface area contributed by atoms with Crippen LogP contribution in [0.4, 0.5) is 0 Å². The van der Waals surface area contributed by atoms with E-state index >= 15 is 0 Å². The average molecular weight is 381 g/mol. The Balaban J connectivity index is 1.86. The van der Waals surface area contributed by atoms with Crippen molar-refractivity contribution in [2.45, 2.75) is 46.1 Å². The molecule has 0 aliphatic carbocycles. The minimum atomic E-state index is 0.0690. The summed E-state index contributed by atoms with van der Waals surface area (Å²) in [7, 11) is 0. The third kappa shape index (κ3) is 6.29. The van der Waals surface area contributed by atoms with Crippen molar-refractivity contribution in [3.8, 4) is 0 Å². The van der Waals surface area contributed by atoms with Crippen LogP contribution in [0.15, 0.2) is 16.4 Å². The fourth-order valence-corrected chi connectivity index (χ4v) is 4.12. The summed E-state index contributed by atoms with van der Waals surface area (Å²) >= 11 is 1.78. The van der Waals surface area contributed by atoms with Crippen LogP contribution in [0.3, 0.4) is 0 Å². The van der Waals surface area contributed by atoms with E-state index in [1.165, 1.54) is 10.4 Å². The number of rotatable bonds is 9. The van der Waals surface area contributed by atoms with Gasteiger partial charge in [-0.15, -0.1) is 11.3 Å². The molecule has 0 aromatic carbocycles. The van der Waals surface area contributed by atoms with Crippen LogP contribution >= 0.6 is 11.3 Å². The van der Waals surface area contributed by atoms with Gasteiger partial charge in [-0.05, 0) is 49.1 Å². The standard InChI is InChI=1S/C19H32N4O2S/c1-3-5-15(7-10-24)12-21-19(20-4-2)22-13-18(25)23-9-6-17-16(14-23)8-11-26-17/h8,11,15,24H,3-7,9-10,12-14H2,1-2H3,(H2,20,21,22). The number of nitrogens with zero attached hydrogens (tertiary/aromatic N) is 2. The minimum Gasteiger partial charge on any atom is -0.396 e. The molecule has 0 radical (unpaired) electrons. The first-order valence-corrected chi connectivity index (χ1v) is 10.5. The molecule has 1 aliphatic heterocycles. The molecule has 6 nitrogen and oxygen atoms in total. The lowest BCUT2D eigenvalue weighted by Gasteiger charge is -2.26. The van der Waals surface area contributed by atoms with Gasteiger partial charge in [0.25, 0.3) is 0 Å². The van der Waals surface area contributed by atoms with E-state index in [2.05, 4.69) is 34.0 Å². The summed E-state index contributed by atoms with van der Waals surface area (Å²) in [4.78, 5) is 20.3. The average Bonchev–Trinajstić information content (AvgIpc) is 3.11. The zero-order valence-electron chi connectivity index (χ0n) is 16.0. The molecule has 0 fully saturated rings. The zero-order valence-corrected chi connectivity index (χ0v) is 16.8. The third-order valence-electron chi connectivity index (χ3n) is 4.67. The molecule has 1 unspecified atom stereocenters. The molecule has 2 rings (SSSR count). The molecule has 1 aromatic heterocycles. The smallest absolute Gasteiger partial charge is 0.244 e. The predicted molar refractivity (Wildman–Crippen MR) is 108 cm³/mol. The molecule has 0 saturated heterocycles. The van der Waals surface area contributed by atoms with Gasteiger partial charge in [0.05, 0.1) is 0 Å². The first kappa shape index (κ1) is 20.7. The number of carbonyl (C=O) groups excluding carboxylic acids is 1. The number of guanidine groups is 1. The maximum absolute atomic E-state index is 12.5. The number of thiophene rings is 1. The van der Waals surface area contributed by atoms with E-state index < -0.39 is 0 Å². The van der Waals surface area contributed by atoms with E-state index in [4.69, 9.17) is 0 Å². The van der Waals surface area contributed by atoms with E-state index in [0.717, 1.165) is 45.3 Å². The molecule has 1 aromatic rings. The van der Waals surface area contributed by atoms with E-state index in [1.807, 2.05) is 11.8 Å². The molecule has 1 aliphatic rings. The summed E-state index contributed by atoms with van der Waals surface area (Å²) in [5.41, 5.74) is 1.27. The Morgan fingerprint density at radius 1 is 1.38 bits per heavy atom. The normalized spacial score (nSPS) is 15.5. The van der Waals surface area contributed by atoms with Crippen LogP contribution in [0.5, 0.6) is 0 Å². The Hall–Kier alpha value is -1.60. The Morgan fingerprint density at radius 3 is 2.96 bits per heavy atom. The summed E-state index contributed by atoms with van der Waals surface area (Å²) in [6.45, 7) is 7.52. The van der Waals surface area contributed by atoms with Gasteiger partial charge in [0, 0.05) is 37.7 Å². The number of fused-ring (bicyclic) bond motifs is 1. The van der Waals surface area contributed by atoms with Crippen molar-refractivity contribution in [2.24, 2.45) is 10.9 Å². The van der Waals surface area contributed by atoms with Crippen molar-refractivity contribution in [1.29, 1.82) is 0 Å². The van der Waals surface area contributed by atoms with Gasteiger partial charge in [0.15, 0.2) is 5.96 Å². The molecular weight excluding hydrogens is 348 g/mol. The van der Waals surface area contributed by atoms with Crippen molar-refractivity contribution >= 4 is 23.2 Å². The SMILES string of the molecule is CCCC(CCO)CNC(=NCC(=O)N1CCc2sccc2C1)NCC. The molecule has 3 N–H and O–H groups in total. The van der Waals surface area contributed by atoms with Crippen LogP contribution in [0.25, 0.3) is 0 Å². The second-order valence-electron chi connectivity index (χ2n) is 6.68. The summed E-state index contributed by atoms with van der Waals surface area (Å²) < 4.78 is 0. The van der Waals surface area contributed by atoms with Crippen LogP contribution in [0, 0.1) is 5.92 Å². The van der Waals surface area contributed by atoms with Gasteiger partial charge < -0.3 is 20.6 Å². The van der Waals surface area contributed by atoms with Gasteiger partial charge in [0.2, 0.25) is 5.91 Å². The highest BCUT2D eigenvalue weighted by atomic mass is 32.1. The van der Waals surface area contributed by atoms with Gasteiger partial charge >= 0.3 is 0 Å². The fourth-order valence-electron chi connectivity index (χ4n) is 3.23. The highest BCUT2D eigenvalue weighted by molar-refractivity contribution is 7.10. The number of carbonyl (C=O) groups is 1. The summed E-state index contributed by atoms with van der Waals surface area (Å²) in [5.74, 6) is 1.16. The fraction of sp³-hybridized carbons (Fsp3) is 0.684. The number of amides is 1. The Morgan fingerprint density at radius 2 is 2.23 bits per heavy atom. The lowest BCUT2D eigenvalue weighted by atomic mass is 10.0. The summed E-state index contributed by atoms with van der Waals surface area (Å²) in [5, 5.41) is 17.8. The van der Waals surface area contributed by atoms with Gasteiger partial charge in [-0.2, -0.15) is 0 Å². The molecular formula is C19H32N4O2S. The highest BCUT2D eigenvalue weighted by Gasteiger charge is 2.21. The second-order valence-corrected chi connectivity index (χ2v) is 7.68. The van der Waals surface area contributed by atoms with E-state index in [0.29, 0.717) is 18.4 Å². The van der Waals surface area contributed by atoms with Crippen molar-refractivity contribution in [1.82, 2.24) is 15.5 Å². The number of nitrogens with one attached hydrogen (secondary N) is 2. The lowest BCUT2D eigenvalue weighted by molar-refractivity contribution is -0.130. The molecule has 0 bridgehead atoms. The van der Waals surface area contributed by atoms with Gasteiger partial charge in [-0.25, -0.2) is 4.99 Å². The van der Waals surface area contributed by atoms with Gasteiger partial charge in [-0.1, -0.05) is 13.3 Å². The third-order valence-corrected chi connectivity index (χ3v) is 5.69. The topological polar surface area (TPSA) is 77.0 Å². The quantitative estimate of drug-likeness (QED) is 0.452. The molecule has 1 amide bonds. The van der Waals surface area contributed by atoms with Gasteiger partial charge in [-0.3, -0.25) is 4.79 Å². The monoisotopic (exact) mass is 380 g/mol. The Bertz CT molecular complexity index is 582. The summed E-state index contributed by atoms with van der Waals surface area (Å²) in [6.07, 6.45) is 3.90. The molecule has 1 atom stereocenters. The van der Waals surface area contributed by atoms with Crippen molar-refractivity contribution in [3.05, 3.63) is 21.9 Å². The highest BCUT2D eigenvalue weighted by Crippen LogP contribution is 2.23. The predicted octanol–water partition coefficient (Wildman–Crippen LogP) is 1.99. The minimum absolute atomic E-state index is 0.0690. The first-order chi connectivity index (χ1) is 12.7. The maximum atomic E-state index is 12.5. The number of aliphatic hydroxyl groups is 1. The second kappa shape index (κ2) is 11.2.